The number of benzene rings is 2. The fraction of sp³-hybridized carbons (Fsp3) is 0.444. The lowest BCUT2D eigenvalue weighted by molar-refractivity contribution is -0.145. The van der Waals surface area contributed by atoms with Crippen molar-refractivity contribution >= 4 is 29.7 Å². The number of alkyl carbamates (subject to hydrolysis) is 1. The number of amides is 2. The van der Waals surface area contributed by atoms with Crippen molar-refractivity contribution in [2.45, 2.75) is 31.6 Å². The van der Waals surface area contributed by atoms with Gasteiger partial charge in [0.1, 0.15) is 6.61 Å². The van der Waals surface area contributed by atoms with Gasteiger partial charge in [-0.2, -0.15) is 11.8 Å². The molecule has 3 N–H and O–H groups in total. The Balaban J connectivity index is 1.12. The van der Waals surface area contributed by atoms with Gasteiger partial charge in [-0.05, 0) is 41.0 Å². The molecule has 0 radical (unpaired) electrons. The third kappa shape index (κ3) is 6.36. The number of carboxylic acids is 1. The Morgan fingerprint density at radius 1 is 0.943 bits per heavy atom. The third-order valence-corrected chi connectivity index (χ3v) is 7.84. The first-order valence-electron chi connectivity index (χ1n) is 12.2. The van der Waals surface area contributed by atoms with E-state index in [2.05, 4.69) is 34.9 Å². The van der Waals surface area contributed by atoms with Crippen LogP contribution in [0.1, 0.15) is 42.7 Å². The van der Waals surface area contributed by atoms with E-state index in [0.717, 1.165) is 19.3 Å². The molecule has 0 bridgehead atoms. The molecule has 7 nitrogen and oxygen atoms in total. The van der Waals surface area contributed by atoms with Crippen LogP contribution < -0.4 is 10.6 Å². The summed E-state index contributed by atoms with van der Waals surface area (Å²) >= 11 is 1.42. The van der Waals surface area contributed by atoms with E-state index in [1.54, 1.807) is 0 Å². The van der Waals surface area contributed by atoms with Crippen LogP contribution in [0.5, 0.6) is 0 Å². The molecule has 0 aromatic heterocycles. The number of ether oxygens (including phenoxy) is 1. The maximum atomic E-state index is 12.2. The van der Waals surface area contributed by atoms with Gasteiger partial charge in [-0.3, -0.25) is 9.59 Å². The second-order valence-corrected chi connectivity index (χ2v) is 10.2. The van der Waals surface area contributed by atoms with E-state index in [1.807, 2.05) is 24.3 Å². The first-order valence-corrected chi connectivity index (χ1v) is 13.4. The first-order chi connectivity index (χ1) is 17.0. The van der Waals surface area contributed by atoms with Gasteiger partial charge in [-0.25, -0.2) is 4.79 Å². The lowest BCUT2D eigenvalue weighted by Crippen LogP contribution is -2.38. The standard InChI is InChI=1S/C27H32N2O5S/c30-25(29-15-18-7-1-2-8-19(18)26(31)32)17-35-14-13-28-27(33)34-16-24-22-11-5-3-9-20(22)21-10-4-6-12-23(21)24/h3-6,9-12,18-19,24H,1-2,7-8,13-17H2,(H,28,33)(H,29,30)(H,31,32)/t18-,19-/m1/s1. The van der Waals surface area contributed by atoms with Gasteiger partial charge < -0.3 is 20.5 Å². The van der Waals surface area contributed by atoms with E-state index in [0.29, 0.717) is 25.3 Å². The van der Waals surface area contributed by atoms with Gasteiger partial charge in [-0.15, -0.1) is 0 Å². The Hall–Kier alpha value is -3.00. The van der Waals surface area contributed by atoms with Crippen molar-refractivity contribution in [3.63, 3.8) is 0 Å². The predicted octanol–water partition coefficient (Wildman–Crippen LogP) is 4.27. The van der Waals surface area contributed by atoms with Crippen LogP contribution in [0.4, 0.5) is 4.79 Å². The number of rotatable bonds is 10. The van der Waals surface area contributed by atoms with E-state index in [4.69, 9.17) is 4.74 Å². The number of carbonyl (C=O) groups excluding carboxylic acids is 2. The van der Waals surface area contributed by atoms with E-state index in [-0.39, 0.29) is 36.0 Å². The van der Waals surface area contributed by atoms with Gasteiger partial charge in [0.05, 0.1) is 11.7 Å². The van der Waals surface area contributed by atoms with Crippen LogP contribution in [0.25, 0.3) is 11.1 Å². The second kappa shape index (κ2) is 12.1. The van der Waals surface area contributed by atoms with Crippen LogP contribution in [0.15, 0.2) is 48.5 Å². The zero-order chi connectivity index (χ0) is 24.6. The highest BCUT2D eigenvalue weighted by molar-refractivity contribution is 7.99. The zero-order valence-electron chi connectivity index (χ0n) is 19.7. The van der Waals surface area contributed by atoms with Gasteiger partial charge in [0.25, 0.3) is 0 Å². The monoisotopic (exact) mass is 496 g/mol. The molecule has 4 rings (SSSR count). The predicted molar refractivity (Wildman–Crippen MR) is 136 cm³/mol. The molecule has 1 fully saturated rings. The normalized spacial score (nSPS) is 18.9. The van der Waals surface area contributed by atoms with Crippen LogP contribution in [0.2, 0.25) is 0 Å². The molecule has 2 aromatic carbocycles. The summed E-state index contributed by atoms with van der Waals surface area (Å²) in [6, 6.07) is 16.4. The fourth-order valence-electron chi connectivity index (χ4n) is 5.11. The molecule has 2 amide bonds. The average molecular weight is 497 g/mol. The van der Waals surface area contributed by atoms with Gasteiger partial charge >= 0.3 is 12.1 Å². The smallest absolute Gasteiger partial charge is 0.407 e. The minimum Gasteiger partial charge on any atom is -0.481 e. The van der Waals surface area contributed by atoms with Gasteiger partial charge in [0.2, 0.25) is 5.91 Å². The summed E-state index contributed by atoms with van der Waals surface area (Å²) in [5.41, 5.74) is 4.72. The summed E-state index contributed by atoms with van der Waals surface area (Å²) in [6.07, 6.45) is 3.02. The quantitative estimate of drug-likeness (QED) is 0.425. The zero-order valence-corrected chi connectivity index (χ0v) is 20.5. The van der Waals surface area contributed by atoms with Crippen molar-refractivity contribution in [1.82, 2.24) is 10.6 Å². The van der Waals surface area contributed by atoms with Crippen molar-refractivity contribution in [1.29, 1.82) is 0 Å². The third-order valence-electron chi connectivity index (χ3n) is 6.88. The Labute approximate surface area is 210 Å². The maximum absolute atomic E-state index is 12.2. The fourth-order valence-corrected chi connectivity index (χ4v) is 5.79. The van der Waals surface area contributed by atoms with Crippen molar-refractivity contribution < 1.29 is 24.2 Å². The number of nitrogens with one attached hydrogen (secondary N) is 2. The maximum Gasteiger partial charge on any atom is 0.407 e. The highest BCUT2D eigenvalue weighted by Crippen LogP contribution is 2.44. The Morgan fingerprint density at radius 3 is 2.29 bits per heavy atom. The first kappa shape index (κ1) is 25.1. The number of carboxylic acid groups (broad SMARTS) is 1. The molecule has 1 saturated carbocycles. The van der Waals surface area contributed by atoms with E-state index in [1.165, 1.54) is 34.0 Å². The van der Waals surface area contributed by atoms with E-state index >= 15 is 0 Å². The summed E-state index contributed by atoms with van der Waals surface area (Å²) in [4.78, 5) is 35.7. The van der Waals surface area contributed by atoms with E-state index in [9.17, 15) is 19.5 Å². The molecule has 2 atom stereocenters. The molecule has 186 valence electrons. The SMILES string of the molecule is O=C(CSCCNC(=O)OCC1c2ccccc2-c2ccccc21)NC[C@H]1CCCC[C@H]1C(=O)O. The molecule has 2 aliphatic carbocycles. The number of hydrogen-bond donors (Lipinski definition) is 3. The molecular formula is C27H32N2O5S. The Morgan fingerprint density at radius 2 is 1.60 bits per heavy atom. The Kier molecular flexibility index (Phi) is 8.69. The molecule has 0 unspecified atom stereocenters. The number of aliphatic carboxylic acids is 1. The minimum absolute atomic E-state index is 0.00503. The van der Waals surface area contributed by atoms with Crippen LogP contribution in [-0.4, -0.2) is 54.3 Å². The second-order valence-electron chi connectivity index (χ2n) is 9.10. The molecule has 8 heteroatoms. The lowest BCUT2D eigenvalue weighted by Gasteiger charge is -2.28. The highest BCUT2D eigenvalue weighted by Gasteiger charge is 2.31. The van der Waals surface area contributed by atoms with E-state index < -0.39 is 12.1 Å². The molecule has 0 spiro atoms. The molecule has 0 heterocycles. The summed E-state index contributed by atoms with van der Waals surface area (Å²) in [5.74, 6) is -0.349. The number of hydrogen-bond acceptors (Lipinski definition) is 5. The van der Waals surface area contributed by atoms with Crippen molar-refractivity contribution in [3.05, 3.63) is 59.7 Å². The minimum atomic E-state index is -0.766. The number of thioether (sulfide) groups is 1. The topological polar surface area (TPSA) is 105 Å². The van der Waals surface area contributed by atoms with Crippen molar-refractivity contribution in [3.8, 4) is 11.1 Å². The highest BCUT2D eigenvalue weighted by atomic mass is 32.2. The van der Waals surface area contributed by atoms with Gasteiger partial charge in [-0.1, -0.05) is 61.4 Å². The summed E-state index contributed by atoms with van der Waals surface area (Å²) in [5, 5.41) is 15.0. The molecular weight excluding hydrogens is 464 g/mol. The van der Waals surface area contributed by atoms with Gasteiger partial charge in [0.15, 0.2) is 0 Å². The average Bonchev–Trinajstić information content (AvgIpc) is 3.20. The van der Waals surface area contributed by atoms with Crippen molar-refractivity contribution in [2.75, 3.05) is 31.2 Å². The Bertz CT molecular complexity index is 1010. The number of fused-ring (bicyclic) bond motifs is 3. The molecule has 2 aromatic rings. The molecule has 2 aliphatic rings. The van der Waals surface area contributed by atoms with Crippen LogP contribution in [-0.2, 0) is 14.3 Å². The molecule has 0 saturated heterocycles. The van der Waals surface area contributed by atoms with Crippen molar-refractivity contribution in [2.24, 2.45) is 11.8 Å². The number of carbonyl (C=O) groups is 3. The molecule has 0 aliphatic heterocycles. The largest absolute Gasteiger partial charge is 0.481 e. The van der Waals surface area contributed by atoms with Crippen LogP contribution in [0.3, 0.4) is 0 Å². The van der Waals surface area contributed by atoms with Crippen LogP contribution in [0, 0.1) is 11.8 Å². The summed E-state index contributed by atoms with van der Waals surface area (Å²) in [7, 11) is 0. The van der Waals surface area contributed by atoms with Gasteiger partial charge in [0, 0.05) is 24.8 Å². The lowest BCUT2D eigenvalue weighted by atomic mass is 9.79. The van der Waals surface area contributed by atoms with Crippen LogP contribution >= 0.6 is 11.8 Å². The molecule has 35 heavy (non-hydrogen) atoms. The summed E-state index contributed by atoms with van der Waals surface area (Å²) < 4.78 is 5.52. The summed E-state index contributed by atoms with van der Waals surface area (Å²) in [6.45, 7) is 1.08.